The third-order valence-corrected chi connectivity index (χ3v) is 6.21. The maximum absolute atomic E-state index is 5.61. The first-order chi connectivity index (χ1) is 9.63. The Morgan fingerprint density at radius 3 is 3.00 bits per heavy atom. The summed E-state index contributed by atoms with van der Waals surface area (Å²) in [6.45, 7) is 5.81. The van der Waals surface area contributed by atoms with Gasteiger partial charge in [0.25, 0.3) is 0 Å². The van der Waals surface area contributed by atoms with Crippen LogP contribution in [0, 0.1) is 0 Å². The Balaban J connectivity index is 1.87. The fraction of sp³-hybridized carbons (Fsp3) is 0.800. The lowest BCUT2D eigenvalue weighted by atomic mass is 10.2. The largest absolute Gasteiger partial charge is 0.372 e. The first-order valence-electron chi connectivity index (χ1n) is 7.43. The van der Waals surface area contributed by atoms with Gasteiger partial charge in [-0.2, -0.15) is 11.8 Å². The molecule has 0 bridgehead atoms. The van der Waals surface area contributed by atoms with Gasteiger partial charge in [-0.15, -0.1) is 11.3 Å². The molecule has 1 aliphatic carbocycles. The van der Waals surface area contributed by atoms with Crippen LogP contribution in [0.5, 0.6) is 0 Å². The summed E-state index contributed by atoms with van der Waals surface area (Å²) in [5.41, 5.74) is 1.19. The van der Waals surface area contributed by atoms with Crippen molar-refractivity contribution in [1.82, 2.24) is 9.88 Å². The zero-order chi connectivity index (χ0) is 14.5. The molecule has 0 saturated heterocycles. The molecule has 1 heterocycles. The summed E-state index contributed by atoms with van der Waals surface area (Å²) in [6.07, 6.45) is 6.36. The number of thioether (sulfide) groups is 1. The number of rotatable bonds is 7. The predicted octanol–water partition coefficient (Wildman–Crippen LogP) is 3.96. The Kier molecular flexibility index (Phi) is 6.33. The molecule has 0 spiro atoms. The normalized spacial score (nSPS) is 24.4. The summed E-state index contributed by atoms with van der Waals surface area (Å²) in [4.78, 5) is 7.20. The van der Waals surface area contributed by atoms with Crippen LogP contribution in [0.15, 0.2) is 5.38 Å². The average molecular weight is 315 g/mol. The Bertz CT molecular complexity index is 410. The van der Waals surface area contributed by atoms with Gasteiger partial charge >= 0.3 is 0 Å². The molecule has 5 heteroatoms. The molecule has 1 aliphatic rings. The molecule has 0 amide bonds. The van der Waals surface area contributed by atoms with Crippen molar-refractivity contribution < 1.29 is 4.74 Å². The highest BCUT2D eigenvalue weighted by molar-refractivity contribution is 7.99. The highest BCUT2D eigenvalue weighted by atomic mass is 32.2. The van der Waals surface area contributed by atoms with Crippen LogP contribution in [-0.2, 0) is 11.3 Å². The van der Waals surface area contributed by atoms with Gasteiger partial charge in [0.1, 0.15) is 11.1 Å². The minimum Gasteiger partial charge on any atom is -0.372 e. The van der Waals surface area contributed by atoms with E-state index in [4.69, 9.17) is 9.72 Å². The van der Waals surface area contributed by atoms with Crippen LogP contribution in [0.3, 0.4) is 0 Å². The Hall–Kier alpha value is -0.100. The summed E-state index contributed by atoms with van der Waals surface area (Å²) < 4.78 is 5.61. The van der Waals surface area contributed by atoms with Crippen LogP contribution in [0.25, 0.3) is 0 Å². The Morgan fingerprint density at radius 1 is 1.55 bits per heavy atom. The molecule has 0 N–H and O–H groups in total. The minimum absolute atomic E-state index is 0.122. The number of aromatic nitrogens is 1. The third kappa shape index (κ3) is 4.20. The Morgan fingerprint density at radius 2 is 2.35 bits per heavy atom. The summed E-state index contributed by atoms with van der Waals surface area (Å²) in [5, 5.41) is 4.14. The van der Waals surface area contributed by atoms with E-state index in [-0.39, 0.29) is 6.10 Å². The van der Waals surface area contributed by atoms with Gasteiger partial charge < -0.3 is 4.74 Å². The highest BCUT2D eigenvalue weighted by Gasteiger charge is 2.27. The fourth-order valence-corrected chi connectivity index (χ4v) is 4.42. The second-order valence-electron chi connectivity index (χ2n) is 5.51. The molecule has 3 atom stereocenters. The average Bonchev–Trinajstić information content (AvgIpc) is 3.07. The highest BCUT2D eigenvalue weighted by Crippen LogP contribution is 2.31. The number of thiazole rings is 1. The van der Waals surface area contributed by atoms with Crippen LogP contribution in [0.4, 0.5) is 0 Å². The van der Waals surface area contributed by atoms with Crippen LogP contribution >= 0.6 is 23.1 Å². The van der Waals surface area contributed by atoms with Gasteiger partial charge in [-0.25, -0.2) is 4.98 Å². The second kappa shape index (κ2) is 7.78. The lowest BCUT2D eigenvalue weighted by Crippen LogP contribution is -2.29. The predicted molar refractivity (Wildman–Crippen MR) is 88.6 cm³/mol. The van der Waals surface area contributed by atoms with Gasteiger partial charge in [-0.1, -0.05) is 0 Å². The maximum Gasteiger partial charge on any atom is 0.122 e. The molecule has 0 radical (unpaired) electrons. The summed E-state index contributed by atoms with van der Waals surface area (Å²) in [5.74, 6) is 0. The summed E-state index contributed by atoms with van der Waals surface area (Å²) in [6, 6.07) is 0.724. The fourth-order valence-electron chi connectivity index (χ4n) is 2.82. The van der Waals surface area contributed by atoms with E-state index in [2.05, 4.69) is 30.5 Å². The van der Waals surface area contributed by atoms with Crippen LogP contribution in [0.1, 0.15) is 49.9 Å². The number of hydrogen-bond acceptors (Lipinski definition) is 5. The maximum atomic E-state index is 5.61. The lowest BCUT2D eigenvalue weighted by Gasteiger charge is -2.23. The van der Waals surface area contributed by atoms with Gasteiger partial charge in [-0.05, 0) is 46.4 Å². The topological polar surface area (TPSA) is 25.4 Å². The van der Waals surface area contributed by atoms with E-state index in [9.17, 15) is 0 Å². The van der Waals surface area contributed by atoms with Gasteiger partial charge in [0.15, 0.2) is 0 Å². The van der Waals surface area contributed by atoms with E-state index in [1.807, 2.05) is 18.7 Å². The molecule has 2 rings (SSSR count). The summed E-state index contributed by atoms with van der Waals surface area (Å²) >= 11 is 3.74. The molecule has 3 nitrogen and oxygen atoms in total. The van der Waals surface area contributed by atoms with E-state index in [0.717, 1.165) is 29.5 Å². The Labute approximate surface area is 131 Å². The summed E-state index contributed by atoms with van der Waals surface area (Å²) in [7, 11) is 2.23. The molecular weight excluding hydrogens is 288 g/mol. The van der Waals surface area contributed by atoms with Gasteiger partial charge in [-0.3, -0.25) is 4.90 Å². The molecule has 1 aromatic rings. The zero-order valence-electron chi connectivity index (χ0n) is 13.0. The molecule has 0 aliphatic heterocycles. The first-order valence-corrected chi connectivity index (χ1v) is 9.59. The van der Waals surface area contributed by atoms with E-state index < -0.39 is 0 Å². The third-order valence-electron chi connectivity index (χ3n) is 4.06. The van der Waals surface area contributed by atoms with Crippen LogP contribution < -0.4 is 0 Å². The number of ether oxygens (including phenoxy) is 1. The quantitative estimate of drug-likeness (QED) is 0.761. The molecule has 1 fully saturated rings. The van der Waals surface area contributed by atoms with Crippen molar-refractivity contribution in [3.63, 3.8) is 0 Å². The van der Waals surface area contributed by atoms with E-state index in [1.54, 1.807) is 11.3 Å². The molecule has 0 unspecified atom stereocenters. The number of nitrogens with zero attached hydrogens (tertiary/aromatic N) is 2. The van der Waals surface area contributed by atoms with Crippen molar-refractivity contribution in [2.75, 3.05) is 19.9 Å². The van der Waals surface area contributed by atoms with Crippen molar-refractivity contribution in [3.05, 3.63) is 16.1 Å². The van der Waals surface area contributed by atoms with Crippen molar-refractivity contribution in [3.8, 4) is 0 Å². The molecule has 114 valence electrons. The molecule has 1 aromatic heterocycles. The van der Waals surface area contributed by atoms with Crippen LogP contribution in [0.2, 0.25) is 0 Å². The van der Waals surface area contributed by atoms with Crippen molar-refractivity contribution >= 4 is 23.1 Å². The smallest absolute Gasteiger partial charge is 0.122 e. The second-order valence-corrected chi connectivity index (χ2v) is 7.54. The SMILES string of the molecule is CCO[C@H](C)c1nc(CN(C)[C@H]2CC[C@@H](SC)C2)cs1. The van der Waals surface area contributed by atoms with Crippen LogP contribution in [-0.4, -0.2) is 41.1 Å². The molecule has 20 heavy (non-hydrogen) atoms. The monoisotopic (exact) mass is 314 g/mol. The lowest BCUT2D eigenvalue weighted by molar-refractivity contribution is 0.0760. The van der Waals surface area contributed by atoms with E-state index in [0.29, 0.717) is 0 Å². The molecule has 1 saturated carbocycles. The standard InChI is InChI=1S/C15H26N2OS2/c1-5-18-11(2)15-16-12(10-20-15)9-17(3)13-6-7-14(8-13)19-4/h10-11,13-14H,5-9H2,1-4H3/t11-,13+,14-/m1/s1. The number of hydrogen-bond donors (Lipinski definition) is 0. The van der Waals surface area contributed by atoms with Crippen molar-refractivity contribution in [1.29, 1.82) is 0 Å². The van der Waals surface area contributed by atoms with Gasteiger partial charge in [0, 0.05) is 29.8 Å². The first kappa shape index (κ1) is 16.3. The van der Waals surface area contributed by atoms with E-state index in [1.165, 1.54) is 25.0 Å². The van der Waals surface area contributed by atoms with E-state index >= 15 is 0 Å². The minimum atomic E-state index is 0.122. The zero-order valence-corrected chi connectivity index (χ0v) is 14.6. The van der Waals surface area contributed by atoms with Crippen molar-refractivity contribution in [2.45, 2.75) is 57.1 Å². The molecule has 0 aromatic carbocycles. The van der Waals surface area contributed by atoms with Crippen molar-refractivity contribution in [2.24, 2.45) is 0 Å². The van der Waals surface area contributed by atoms with Gasteiger partial charge in [0.05, 0.1) is 5.69 Å². The van der Waals surface area contributed by atoms with Gasteiger partial charge in [0.2, 0.25) is 0 Å². The molecular formula is C15H26N2OS2.